The Bertz CT molecular complexity index is 178. The van der Waals surface area contributed by atoms with Gasteiger partial charge in [-0.1, -0.05) is 0 Å². The Labute approximate surface area is 98.9 Å². The summed E-state index contributed by atoms with van der Waals surface area (Å²) in [5, 5.41) is 3.72. The Balaban J connectivity index is 1.44. The van der Waals surface area contributed by atoms with E-state index < -0.39 is 0 Å². The summed E-state index contributed by atoms with van der Waals surface area (Å²) < 4.78 is 10.4. The van der Waals surface area contributed by atoms with E-state index in [-0.39, 0.29) is 0 Å². The van der Waals surface area contributed by atoms with E-state index in [1.165, 1.54) is 25.7 Å². The number of methoxy groups -OCH3 is 1. The minimum absolute atomic E-state index is 0.709. The molecule has 0 saturated heterocycles. The third-order valence-electron chi connectivity index (χ3n) is 3.54. The molecule has 0 aliphatic heterocycles. The Kier molecular flexibility index (Phi) is 5.07. The number of hydrogen-bond donors (Lipinski definition) is 1. The SMILES string of the molecule is COCCOCCCNC(C1CC1)C1CC1. The topological polar surface area (TPSA) is 30.5 Å². The van der Waals surface area contributed by atoms with Gasteiger partial charge in [0.15, 0.2) is 0 Å². The summed E-state index contributed by atoms with van der Waals surface area (Å²) >= 11 is 0. The van der Waals surface area contributed by atoms with Crippen LogP contribution >= 0.6 is 0 Å². The van der Waals surface area contributed by atoms with Crippen LogP contribution in [-0.4, -0.2) is 39.5 Å². The Morgan fingerprint density at radius 2 is 1.75 bits per heavy atom. The highest BCUT2D eigenvalue weighted by Crippen LogP contribution is 2.44. The number of hydrogen-bond acceptors (Lipinski definition) is 3. The molecule has 0 bridgehead atoms. The van der Waals surface area contributed by atoms with E-state index in [4.69, 9.17) is 9.47 Å². The molecule has 0 heterocycles. The Hall–Kier alpha value is -0.120. The van der Waals surface area contributed by atoms with Crippen LogP contribution in [-0.2, 0) is 9.47 Å². The predicted octanol–water partition coefficient (Wildman–Crippen LogP) is 1.82. The molecule has 94 valence electrons. The van der Waals surface area contributed by atoms with Crippen molar-refractivity contribution in [1.29, 1.82) is 0 Å². The van der Waals surface area contributed by atoms with Crippen LogP contribution in [0.1, 0.15) is 32.1 Å². The lowest BCUT2D eigenvalue weighted by Gasteiger charge is -2.17. The maximum Gasteiger partial charge on any atom is 0.0700 e. The van der Waals surface area contributed by atoms with E-state index in [2.05, 4.69) is 5.32 Å². The molecule has 16 heavy (non-hydrogen) atoms. The van der Waals surface area contributed by atoms with Gasteiger partial charge in [0.05, 0.1) is 13.2 Å². The first-order valence-electron chi connectivity index (χ1n) is 6.72. The zero-order chi connectivity index (χ0) is 11.2. The normalized spacial score (nSPS) is 20.6. The minimum atomic E-state index is 0.709. The lowest BCUT2D eigenvalue weighted by Crippen LogP contribution is -2.34. The average molecular weight is 227 g/mol. The van der Waals surface area contributed by atoms with Crippen LogP contribution in [0.5, 0.6) is 0 Å². The molecule has 0 unspecified atom stereocenters. The summed E-state index contributed by atoms with van der Waals surface area (Å²) in [6.45, 7) is 3.41. The zero-order valence-corrected chi connectivity index (χ0v) is 10.4. The monoisotopic (exact) mass is 227 g/mol. The van der Waals surface area contributed by atoms with Crippen molar-refractivity contribution in [2.45, 2.75) is 38.1 Å². The highest BCUT2D eigenvalue weighted by Gasteiger charge is 2.40. The summed E-state index contributed by atoms with van der Waals surface area (Å²) in [6.07, 6.45) is 6.95. The van der Waals surface area contributed by atoms with Crippen LogP contribution in [0.4, 0.5) is 0 Å². The van der Waals surface area contributed by atoms with Crippen LogP contribution in [0.25, 0.3) is 0 Å². The predicted molar refractivity (Wildman–Crippen MR) is 64.6 cm³/mol. The molecule has 0 aromatic heterocycles. The molecular weight excluding hydrogens is 202 g/mol. The first-order valence-corrected chi connectivity index (χ1v) is 6.72. The van der Waals surface area contributed by atoms with E-state index >= 15 is 0 Å². The van der Waals surface area contributed by atoms with Gasteiger partial charge in [0, 0.05) is 19.8 Å². The van der Waals surface area contributed by atoms with Crippen LogP contribution in [0.15, 0.2) is 0 Å². The quantitative estimate of drug-likeness (QED) is 0.577. The largest absolute Gasteiger partial charge is 0.382 e. The van der Waals surface area contributed by atoms with E-state index in [1.54, 1.807) is 7.11 Å². The van der Waals surface area contributed by atoms with Crippen LogP contribution in [0.3, 0.4) is 0 Å². The molecule has 0 aromatic rings. The second-order valence-electron chi connectivity index (χ2n) is 5.11. The standard InChI is InChI=1S/C13H25NO2/c1-15-9-10-16-8-2-7-14-13(11-3-4-11)12-5-6-12/h11-14H,2-10H2,1H3. The van der Waals surface area contributed by atoms with Crippen molar-refractivity contribution in [1.82, 2.24) is 5.32 Å². The van der Waals surface area contributed by atoms with E-state index in [0.717, 1.165) is 44.1 Å². The molecule has 2 aliphatic rings. The van der Waals surface area contributed by atoms with Gasteiger partial charge in [0.1, 0.15) is 0 Å². The van der Waals surface area contributed by atoms with Gasteiger partial charge in [-0.3, -0.25) is 0 Å². The van der Waals surface area contributed by atoms with Crippen molar-refractivity contribution in [2.24, 2.45) is 11.8 Å². The van der Waals surface area contributed by atoms with Crippen LogP contribution in [0.2, 0.25) is 0 Å². The van der Waals surface area contributed by atoms with Crippen molar-refractivity contribution in [2.75, 3.05) is 33.5 Å². The molecular formula is C13H25NO2. The van der Waals surface area contributed by atoms with Crippen molar-refractivity contribution < 1.29 is 9.47 Å². The first kappa shape index (κ1) is 12.3. The molecule has 0 radical (unpaired) electrons. The zero-order valence-electron chi connectivity index (χ0n) is 10.4. The Morgan fingerprint density at radius 3 is 2.31 bits per heavy atom. The second-order valence-corrected chi connectivity index (χ2v) is 5.11. The molecule has 2 fully saturated rings. The van der Waals surface area contributed by atoms with Gasteiger partial charge < -0.3 is 14.8 Å². The fourth-order valence-electron chi connectivity index (χ4n) is 2.32. The molecule has 0 aromatic carbocycles. The summed E-state index contributed by atoms with van der Waals surface area (Å²) in [7, 11) is 1.71. The Morgan fingerprint density at radius 1 is 1.06 bits per heavy atom. The maximum absolute atomic E-state index is 5.44. The summed E-state index contributed by atoms with van der Waals surface area (Å²) in [5.41, 5.74) is 0. The van der Waals surface area contributed by atoms with Gasteiger partial charge in [-0.2, -0.15) is 0 Å². The van der Waals surface area contributed by atoms with Gasteiger partial charge in [-0.05, 0) is 50.5 Å². The number of nitrogens with one attached hydrogen (secondary N) is 1. The molecule has 2 aliphatic carbocycles. The van der Waals surface area contributed by atoms with Gasteiger partial charge in [-0.25, -0.2) is 0 Å². The van der Waals surface area contributed by atoms with Gasteiger partial charge in [-0.15, -0.1) is 0 Å². The van der Waals surface area contributed by atoms with E-state index in [9.17, 15) is 0 Å². The fourth-order valence-corrected chi connectivity index (χ4v) is 2.32. The van der Waals surface area contributed by atoms with Gasteiger partial charge in [0.2, 0.25) is 0 Å². The van der Waals surface area contributed by atoms with Crippen LogP contribution < -0.4 is 5.32 Å². The minimum Gasteiger partial charge on any atom is -0.382 e. The molecule has 1 N–H and O–H groups in total. The van der Waals surface area contributed by atoms with E-state index in [1.807, 2.05) is 0 Å². The molecule has 3 nitrogen and oxygen atoms in total. The van der Waals surface area contributed by atoms with Gasteiger partial charge in [0.25, 0.3) is 0 Å². The molecule has 3 heteroatoms. The summed E-state index contributed by atoms with van der Waals surface area (Å²) in [5.74, 6) is 2.00. The smallest absolute Gasteiger partial charge is 0.0700 e. The maximum atomic E-state index is 5.44. The lowest BCUT2D eigenvalue weighted by molar-refractivity contribution is 0.0691. The average Bonchev–Trinajstić information content (AvgIpc) is 3.16. The van der Waals surface area contributed by atoms with Crippen LogP contribution in [0, 0.1) is 11.8 Å². The fraction of sp³-hybridized carbons (Fsp3) is 1.00. The van der Waals surface area contributed by atoms with Crippen molar-refractivity contribution in [3.05, 3.63) is 0 Å². The summed E-state index contributed by atoms with van der Waals surface area (Å²) in [4.78, 5) is 0. The lowest BCUT2D eigenvalue weighted by atomic mass is 10.1. The third-order valence-corrected chi connectivity index (χ3v) is 3.54. The molecule has 0 spiro atoms. The molecule has 0 amide bonds. The van der Waals surface area contributed by atoms with Crippen molar-refractivity contribution in [3.8, 4) is 0 Å². The van der Waals surface area contributed by atoms with Crippen molar-refractivity contribution >= 4 is 0 Å². The third kappa shape index (κ3) is 4.40. The first-order chi connectivity index (χ1) is 7.92. The number of ether oxygens (including phenoxy) is 2. The molecule has 0 atom stereocenters. The summed E-state index contributed by atoms with van der Waals surface area (Å²) in [6, 6.07) is 0.832. The highest BCUT2D eigenvalue weighted by atomic mass is 16.5. The van der Waals surface area contributed by atoms with E-state index in [0.29, 0.717) is 6.61 Å². The second kappa shape index (κ2) is 6.58. The van der Waals surface area contributed by atoms with Crippen molar-refractivity contribution in [3.63, 3.8) is 0 Å². The molecule has 2 saturated carbocycles. The highest BCUT2D eigenvalue weighted by molar-refractivity contribution is 4.96. The van der Waals surface area contributed by atoms with Gasteiger partial charge >= 0.3 is 0 Å². The molecule has 2 rings (SSSR count). The number of rotatable bonds is 10.